The van der Waals surface area contributed by atoms with Crippen LogP contribution < -0.4 is 5.11 Å². The molecular weight excluding hydrogens is 324 g/mol. The molecular formula is C13H7F4N2O2S-. The molecule has 116 valence electrons. The number of benzene rings is 1. The van der Waals surface area contributed by atoms with Gasteiger partial charge in [0.15, 0.2) is 5.16 Å². The van der Waals surface area contributed by atoms with Gasteiger partial charge in [0.25, 0.3) is 0 Å². The first kappa shape index (κ1) is 16.2. The average molecular weight is 331 g/mol. The summed E-state index contributed by atoms with van der Waals surface area (Å²) in [4.78, 5) is 17.5. The lowest BCUT2D eigenvalue weighted by atomic mass is 10.1. The van der Waals surface area contributed by atoms with Gasteiger partial charge in [-0.2, -0.15) is 13.2 Å². The molecule has 0 aliphatic heterocycles. The molecule has 0 fully saturated rings. The molecule has 0 spiro atoms. The average Bonchev–Trinajstić information content (AvgIpc) is 2.44. The Kier molecular flexibility index (Phi) is 4.65. The van der Waals surface area contributed by atoms with E-state index in [1.165, 1.54) is 12.1 Å². The van der Waals surface area contributed by atoms with Gasteiger partial charge in [0.2, 0.25) is 0 Å². The molecule has 0 N–H and O–H groups in total. The maximum atomic E-state index is 12.9. The first-order valence-corrected chi connectivity index (χ1v) is 6.79. The van der Waals surface area contributed by atoms with Crippen molar-refractivity contribution in [2.75, 3.05) is 5.75 Å². The fraction of sp³-hybridized carbons (Fsp3) is 0.154. The van der Waals surface area contributed by atoms with Crippen LogP contribution in [0.2, 0.25) is 0 Å². The highest BCUT2D eigenvalue weighted by Gasteiger charge is 2.33. The predicted molar refractivity (Wildman–Crippen MR) is 68.2 cm³/mol. The van der Waals surface area contributed by atoms with Crippen molar-refractivity contribution in [2.45, 2.75) is 11.3 Å². The highest BCUT2D eigenvalue weighted by atomic mass is 32.2. The summed E-state index contributed by atoms with van der Waals surface area (Å²) in [6, 6.07) is 5.42. The molecule has 1 aromatic heterocycles. The maximum Gasteiger partial charge on any atom is 0.433 e. The van der Waals surface area contributed by atoms with E-state index in [1.54, 1.807) is 0 Å². The number of thioether (sulfide) groups is 1. The molecule has 2 rings (SSSR count). The number of hydrogen-bond acceptors (Lipinski definition) is 5. The molecule has 9 heteroatoms. The van der Waals surface area contributed by atoms with Gasteiger partial charge >= 0.3 is 6.18 Å². The van der Waals surface area contributed by atoms with Gasteiger partial charge in [-0.15, -0.1) is 0 Å². The molecule has 0 saturated heterocycles. The van der Waals surface area contributed by atoms with E-state index in [1.807, 2.05) is 0 Å². The maximum absolute atomic E-state index is 12.9. The van der Waals surface area contributed by atoms with E-state index < -0.39 is 29.4 Å². The van der Waals surface area contributed by atoms with Crippen molar-refractivity contribution in [2.24, 2.45) is 0 Å². The van der Waals surface area contributed by atoms with Crippen molar-refractivity contribution in [3.05, 3.63) is 41.8 Å². The Morgan fingerprint density at radius 3 is 2.36 bits per heavy atom. The van der Waals surface area contributed by atoms with E-state index in [0.717, 1.165) is 18.2 Å². The molecule has 0 radical (unpaired) electrons. The van der Waals surface area contributed by atoms with Gasteiger partial charge in [0, 0.05) is 11.3 Å². The number of nitrogens with zero attached hydrogens (tertiary/aromatic N) is 2. The number of aliphatic carboxylic acids is 1. The molecule has 22 heavy (non-hydrogen) atoms. The van der Waals surface area contributed by atoms with Crippen molar-refractivity contribution in [3.63, 3.8) is 0 Å². The van der Waals surface area contributed by atoms with Gasteiger partial charge in [-0.25, -0.2) is 14.4 Å². The number of aromatic nitrogens is 2. The number of carbonyl (C=O) groups is 1. The van der Waals surface area contributed by atoms with Crippen molar-refractivity contribution in [1.82, 2.24) is 9.97 Å². The summed E-state index contributed by atoms with van der Waals surface area (Å²) in [5.41, 5.74) is -1.03. The lowest BCUT2D eigenvalue weighted by molar-refractivity contribution is -0.301. The van der Waals surface area contributed by atoms with Gasteiger partial charge in [0.05, 0.1) is 11.7 Å². The molecule has 0 bridgehead atoms. The highest BCUT2D eigenvalue weighted by Crippen LogP contribution is 2.31. The third kappa shape index (κ3) is 4.17. The molecule has 0 unspecified atom stereocenters. The first-order chi connectivity index (χ1) is 10.3. The van der Waals surface area contributed by atoms with Gasteiger partial charge < -0.3 is 9.90 Å². The normalized spacial score (nSPS) is 11.5. The van der Waals surface area contributed by atoms with Crippen LogP contribution in [-0.4, -0.2) is 21.7 Å². The van der Waals surface area contributed by atoms with E-state index in [-0.39, 0.29) is 16.4 Å². The highest BCUT2D eigenvalue weighted by molar-refractivity contribution is 7.99. The van der Waals surface area contributed by atoms with Crippen LogP contribution in [0.1, 0.15) is 5.69 Å². The van der Waals surface area contributed by atoms with E-state index in [4.69, 9.17) is 0 Å². The van der Waals surface area contributed by atoms with Crippen LogP contribution in [0.25, 0.3) is 11.3 Å². The molecule has 0 saturated carbocycles. The zero-order valence-electron chi connectivity index (χ0n) is 10.7. The third-order valence-corrected chi connectivity index (χ3v) is 3.28. The fourth-order valence-corrected chi connectivity index (χ4v) is 2.10. The van der Waals surface area contributed by atoms with Crippen LogP contribution in [0, 0.1) is 5.82 Å². The van der Waals surface area contributed by atoms with Crippen molar-refractivity contribution in [3.8, 4) is 11.3 Å². The number of carbonyl (C=O) groups excluding carboxylic acids is 1. The second-order valence-electron chi connectivity index (χ2n) is 4.09. The van der Waals surface area contributed by atoms with Gasteiger partial charge in [-0.3, -0.25) is 0 Å². The van der Waals surface area contributed by atoms with Gasteiger partial charge in [-0.05, 0) is 30.3 Å². The topological polar surface area (TPSA) is 65.9 Å². The summed E-state index contributed by atoms with van der Waals surface area (Å²) >= 11 is 0.512. The Balaban J connectivity index is 2.45. The number of carboxylic acid groups (broad SMARTS) is 1. The number of carboxylic acids is 1. The molecule has 1 aromatic carbocycles. The third-order valence-electron chi connectivity index (χ3n) is 2.46. The summed E-state index contributed by atoms with van der Waals surface area (Å²) in [5, 5.41) is 10.0. The number of alkyl halides is 3. The summed E-state index contributed by atoms with van der Waals surface area (Å²) in [7, 11) is 0. The largest absolute Gasteiger partial charge is 0.549 e. The zero-order chi connectivity index (χ0) is 16.3. The summed E-state index contributed by atoms with van der Waals surface area (Å²) in [5.74, 6) is -2.57. The fourth-order valence-electron chi connectivity index (χ4n) is 1.53. The SMILES string of the molecule is O=C([O-])CSc1nc(-c2ccc(F)cc2)cc(C(F)(F)F)n1. The Labute approximate surface area is 126 Å². The van der Waals surface area contributed by atoms with E-state index in [0.29, 0.717) is 11.8 Å². The summed E-state index contributed by atoms with van der Waals surface area (Å²) in [6.45, 7) is 0. The molecule has 0 aliphatic carbocycles. The summed E-state index contributed by atoms with van der Waals surface area (Å²) < 4.78 is 51.4. The Bertz CT molecular complexity index is 689. The van der Waals surface area contributed by atoms with Gasteiger partial charge in [0.1, 0.15) is 11.5 Å². The van der Waals surface area contributed by atoms with Crippen molar-refractivity contribution >= 4 is 17.7 Å². The summed E-state index contributed by atoms with van der Waals surface area (Å²) in [6.07, 6.45) is -4.71. The zero-order valence-corrected chi connectivity index (χ0v) is 11.5. The van der Waals surface area contributed by atoms with Crippen LogP contribution in [-0.2, 0) is 11.0 Å². The van der Waals surface area contributed by atoms with Crippen molar-refractivity contribution < 1.29 is 27.5 Å². The van der Waals surface area contributed by atoms with Crippen LogP contribution in [0.3, 0.4) is 0 Å². The molecule has 0 amide bonds. The standard InChI is InChI=1S/C13H8F4N2O2S/c14-8-3-1-7(2-4-8)9-5-10(13(15,16)17)19-12(18-9)22-6-11(20)21/h1-5H,6H2,(H,20,21)/p-1. The van der Waals surface area contributed by atoms with Crippen molar-refractivity contribution in [1.29, 1.82) is 0 Å². The predicted octanol–water partition coefficient (Wildman–Crippen LogP) is 2.14. The molecule has 1 heterocycles. The minimum Gasteiger partial charge on any atom is -0.549 e. The number of rotatable bonds is 4. The number of hydrogen-bond donors (Lipinski definition) is 0. The molecule has 4 nitrogen and oxygen atoms in total. The molecule has 0 atom stereocenters. The smallest absolute Gasteiger partial charge is 0.433 e. The monoisotopic (exact) mass is 331 g/mol. The van der Waals surface area contributed by atoms with Crippen LogP contribution >= 0.6 is 11.8 Å². The Morgan fingerprint density at radius 2 is 1.82 bits per heavy atom. The number of halogens is 4. The lowest BCUT2D eigenvalue weighted by Gasteiger charge is -2.10. The van der Waals surface area contributed by atoms with Crippen LogP contribution in [0.15, 0.2) is 35.5 Å². The van der Waals surface area contributed by atoms with E-state index in [9.17, 15) is 27.5 Å². The minimum atomic E-state index is -4.71. The Morgan fingerprint density at radius 1 is 1.18 bits per heavy atom. The second-order valence-corrected chi connectivity index (χ2v) is 5.03. The molecule has 2 aromatic rings. The van der Waals surface area contributed by atoms with Crippen LogP contribution in [0.4, 0.5) is 17.6 Å². The molecule has 0 aliphatic rings. The van der Waals surface area contributed by atoms with E-state index >= 15 is 0 Å². The Hall–Kier alpha value is -2.16. The quantitative estimate of drug-likeness (QED) is 0.488. The lowest BCUT2D eigenvalue weighted by Crippen LogP contribution is -2.24. The first-order valence-electron chi connectivity index (χ1n) is 5.80. The van der Waals surface area contributed by atoms with E-state index in [2.05, 4.69) is 9.97 Å². The van der Waals surface area contributed by atoms with Crippen LogP contribution in [0.5, 0.6) is 0 Å². The second kappa shape index (κ2) is 6.30. The minimum absolute atomic E-state index is 0.0804. The van der Waals surface area contributed by atoms with Gasteiger partial charge in [-0.1, -0.05) is 11.8 Å².